The lowest BCUT2D eigenvalue weighted by atomic mass is 10.0. The van der Waals surface area contributed by atoms with E-state index >= 15 is 0 Å². The van der Waals surface area contributed by atoms with Crippen molar-refractivity contribution in [3.8, 4) is 5.75 Å². The zero-order valence-electron chi connectivity index (χ0n) is 9.17. The molecule has 16 heavy (non-hydrogen) atoms. The van der Waals surface area contributed by atoms with E-state index in [2.05, 4.69) is 4.84 Å². The van der Waals surface area contributed by atoms with Crippen molar-refractivity contribution in [2.45, 2.75) is 12.8 Å². The van der Waals surface area contributed by atoms with Gasteiger partial charge in [0.15, 0.2) is 0 Å². The summed E-state index contributed by atoms with van der Waals surface area (Å²) in [7, 11) is 1.47. The van der Waals surface area contributed by atoms with Crippen LogP contribution >= 0.6 is 0 Å². The Labute approximate surface area is 93.1 Å². The van der Waals surface area contributed by atoms with Gasteiger partial charge in [0.2, 0.25) is 0 Å². The normalized spacial score (nSPS) is 12.2. The average molecular weight is 226 g/mol. The topological polar surface area (TPSA) is 87.6 Å². The summed E-state index contributed by atoms with van der Waals surface area (Å²) >= 11 is 0. The number of rotatable bonds is 5. The van der Waals surface area contributed by atoms with E-state index in [1.54, 1.807) is 6.07 Å². The van der Waals surface area contributed by atoms with Crippen LogP contribution in [-0.4, -0.2) is 18.6 Å². The van der Waals surface area contributed by atoms with Gasteiger partial charge in [-0.3, -0.25) is 10.1 Å². The Morgan fingerprint density at radius 3 is 2.75 bits per heavy atom. The third kappa shape index (κ3) is 2.68. The van der Waals surface area contributed by atoms with Crippen LogP contribution in [0.1, 0.15) is 18.4 Å². The average Bonchev–Trinajstić information content (AvgIpc) is 2.28. The molecular formula is C10H14N2O4. The summed E-state index contributed by atoms with van der Waals surface area (Å²) in [5.41, 5.74) is 0.833. The van der Waals surface area contributed by atoms with Crippen molar-refractivity contribution >= 4 is 5.69 Å². The second-order valence-electron chi connectivity index (χ2n) is 3.42. The molecule has 0 bridgehead atoms. The van der Waals surface area contributed by atoms with Crippen LogP contribution in [0.25, 0.3) is 0 Å². The van der Waals surface area contributed by atoms with E-state index in [0.29, 0.717) is 12.4 Å². The molecule has 0 saturated heterocycles. The summed E-state index contributed by atoms with van der Waals surface area (Å²) in [5, 5.41) is 10.6. The highest BCUT2D eigenvalue weighted by atomic mass is 16.6. The van der Waals surface area contributed by atoms with Crippen molar-refractivity contribution in [2.75, 3.05) is 13.7 Å². The highest BCUT2D eigenvalue weighted by Gasteiger charge is 2.15. The van der Waals surface area contributed by atoms with Crippen molar-refractivity contribution in [1.29, 1.82) is 0 Å². The van der Waals surface area contributed by atoms with Crippen molar-refractivity contribution in [1.82, 2.24) is 0 Å². The van der Waals surface area contributed by atoms with Crippen molar-refractivity contribution in [3.63, 3.8) is 0 Å². The number of nitro benzene ring substituents is 1. The van der Waals surface area contributed by atoms with E-state index in [9.17, 15) is 10.1 Å². The number of ether oxygens (including phenoxy) is 1. The molecule has 0 amide bonds. The molecule has 1 aromatic rings. The summed E-state index contributed by atoms with van der Waals surface area (Å²) in [6.07, 6.45) is 0. The highest BCUT2D eigenvalue weighted by Crippen LogP contribution is 2.30. The summed E-state index contributed by atoms with van der Waals surface area (Å²) in [6.45, 7) is 2.23. The Kier molecular flexibility index (Phi) is 4.21. The van der Waals surface area contributed by atoms with Crippen molar-refractivity contribution in [3.05, 3.63) is 33.9 Å². The van der Waals surface area contributed by atoms with E-state index < -0.39 is 4.92 Å². The summed E-state index contributed by atoms with van der Waals surface area (Å²) in [6, 6.07) is 4.48. The maximum atomic E-state index is 10.6. The standard InChI is InChI=1S/C10H14N2O4/c1-7(6-16-11)9-4-3-8(12(13)14)5-10(9)15-2/h3-5,7H,6,11H2,1-2H3. The van der Waals surface area contributed by atoms with Crippen LogP contribution in [0.5, 0.6) is 5.75 Å². The molecule has 6 heteroatoms. The van der Waals surface area contributed by atoms with Gasteiger partial charge in [-0.15, -0.1) is 0 Å². The van der Waals surface area contributed by atoms with Gasteiger partial charge in [0.25, 0.3) is 5.69 Å². The molecule has 0 aromatic heterocycles. The van der Waals surface area contributed by atoms with Crippen LogP contribution in [-0.2, 0) is 4.84 Å². The molecule has 6 nitrogen and oxygen atoms in total. The van der Waals surface area contributed by atoms with Gasteiger partial charge in [0.1, 0.15) is 5.75 Å². The van der Waals surface area contributed by atoms with Crippen LogP contribution in [0, 0.1) is 10.1 Å². The van der Waals surface area contributed by atoms with Crippen LogP contribution in [0.2, 0.25) is 0 Å². The summed E-state index contributed by atoms with van der Waals surface area (Å²) in [4.78, 5) is 14.7. The first-order valence-corrected chi connectivity index (χ1v) is 4.74. The Morgan fingerprint density at radius 1 is 1.56 bits per heavy atom. The zero-order chi connectivity index (χ0) is 12.1. The molecule has 0 aliphatic rings. The van der Waals surface area contributed by atoms with Gasteiger partial charge in [-0.1, -0.05) is 6.92 Å². The van der Waals surface area contributed by atoms with E-state index in [-0.39, 0.29) is 11.6 Å². The molecule has 1 atom stereocenters. The molecule has 1 rings (SSSR count). The third-order valence-electron chi connectivity index (χ3n) is 2.31. The molecule has 88 valence electrons. The van der Waals surface area contributed by atoms with Gasteiger partial charge in [0.05, 0.1) is 24.7 Å². The SMILES string of the molecule is COc1cc([N+](=O)[O-])ccc1C(C)CON. The van der Waals surface area contributed by atoms with Crippen LogP contribution in [0.15, 0.2) is 18.2 Å². The second-order valence-corrected chi connectivity index (χ2v) is 3.42. The number of non-ortho nitro benzene ring substituents is 1. The Balaban J connectivity index is 3.06. The highest BCUT2D eigenvalue weighted by molar-refractivity contribution is 5.45. The predicted molar refractivity (Wildman–Crippen MR) is 58.2 cm³/mol. The predicted octanol–water partition coefficient (Wildman–Crippen LogP) is 1.60. The first-order chi connectivity index (χ1) is 7.60. The zero-order valence-corrected chi connectivity index (χ0v) is 9.17. The molecule has 0 heterocycles. The largest absolute Gasteiger partial charge is 0.496 e. The molecular weight excluding hydrogens is 212 g/mol. The van der Waals surface area contributed by atoms with Gasteiger partial charge >= 0.3 is 0 Å². The summed E-state index contributed by atoms with van der Waals surface area (Å²) in [5.74, 6) is 5.47. The van der Waals surface area contributed by atoms with Crippen molar-refractivity contribution < 1.29 is 14.5 Å². The quantitative estimate of drug-likeness (QED) is 0.608. The lowest BCUT2D eigenvalue weighted by molar-refractivity contribution is -0.384. The molecule has 0 aliphatic carbocycles. The second kappa shape index (κ2) is 5.43. The van der Waals surface area contributed by atoms with E-state index in [1.165, 1.54) is 19.2 Å². The van der Waals surface area contributed by atoms with Crippen LogP contribution in [0.4, 0.5) is 5.69 Å². The third-order valence-corrected chi connectivity index (χ3v) is 2.31. The molecule has 1 aromatic carbocycles. The van der Waals surface area contributed by atoms with Crippen molar-refractivity contribution in [2.24, 2.45) is 5.90 Å². The van der Waals surface area contributed by atoms with Gasteiger partial charge in [-0.05, 0) is 11.6 Å². The van der Waals surface area contributed by atoms with Crippen LogP contribution in [0.3, 0.4) is 0 Å². The maximum absolute atomic E-state index is 10.6. The monoisotopic (exact) mass is 226 g/mol. The van der Waals surface area contributed by atoms with E-state index in [4.69, 9.17) is 10.6 Å². The van der Waals surface area contributed by atoms with Gasteiger partial charge in [0, 0.05) is 12.0 Å². The Hall–Kier alpha value is -1.66. The number of nitrogens with two attached hydrogens (primary N) is 1. The molecule has 1 unspecified atom stereocenters. The van der Waals surface area contributed by atoms with Gasteiger partial charge in [-0.2, -0.15) is 0 Å². The fourth-order valence-electron chi connectivity index (χ4n) is 1.45. The first kappa shape index (κ1) is 12.4. The number of methoxy groups -OCH3 is 1. The minimum Gasteiger partial charge on any atom is -0.496 e. The minimum absolute atomic E-state index is 0.00136. The van der Waals surface area contributed by atoms with E-state index in [1.807, 2.05) is 6.92 Å². The number of nitro groups is 1. The Bertz CT molecular complexity index is 381. The van der Waals surface area contributed by atoms with Crippen LogP contribution < -0.4 is 10.6 Å². The maximum Gasteiger partial charge on any atom is 0.273 e. The fourth-order valence-corrected chi connectivity index (χ4v) is 1.45. The fraction of sp³-hybridized carbons (Fsp3) is 0.400. The number of nitrogens with zero attached hydrogens (tertiary/aromatic N) is 1. The molecule has 0 fully saturated rings. The summed E-state index contributed by atoms with van der Waals surface area (Å²) < 4.78 is 5.10. The number of hydrogen-bond acceptors (Lipinski definition) is 5. The van der Waals surface area contributed by atoms with E-state index in [0.717, 1.165) is 5.56 Å². The number of benzene rings is 1. The Morgan fingerprint density at radius 2 is 2.25 bits per heavy atom. The van der Waals surface area contributed by atoms with Gasteiger partial charge < -0.3 is 9.57 Å². The molecule has 0 spiro atoms. The minimum atomic E-state index is -0.462. The molecule has 2 N–H and O–H groups in total. The first-order valence-electron chi connectivity index (χ1n) is 4.74. The number of hydrogen-bond donors (Lipinski definition) is 1. The smallest absolute Gasteiger partial charge is 0.273 e. The molecule has 0 saturated carbocycles. The molecule has 0 radical (unpaired) electrons. The van der Waals surface area contributed by atoms with Gasteiger partial charge in [-0.25, -0.2) is 5.90 Å². The lowest BCUT2D eigenvalue weighted by Crippen LogP contribution is -2.09. The molecule has 0 aliphatic heterocycles. The lowest BCUT2D eigenvalue weighted by Gasteiger charge is -2.13.